The van der Waals surface area contributed by atoms with Crippen molar-refractivity contribution < 1.29 is 24.0 Å². The predicted molar refractivity (Wildman–Crippen MR) is 102 cm³/mol. The second-order valence-corrected chi connectivity index (χ2v) is 6.62. The summed E-state index contributed by atoms with van der Waals surface area (Å²) in [6.45, 7) is 5.38. The van der Waals surface area contributed by atoms with Crippen molar-refractivity contribution in [3.8, 4) is 5.75 Å². The van der Waals surface area contributed by atoms with E-state index in [1.807, 2.05) is 13.8 Å². The van der Waals surface area contributed by atoms with E-state index in [4.69, 9.17) is 9.47 Å². The molecule has 1 aromatic heterocycles. The molecule has 2 rings (SSSR count). The molecule has 0 fully saturated rings. The molecule has 0 atom stereocenters. The van der Waals surface area contributed by atoms with Crippen LogP contribution in [0.2, 0.25) is 0 Å². The molecule has 1 amide bonds. The van der Waals surface area contributed by atoms with Gasteiger partial charge in [-0.2, -0.15) is 0 Å². The Morgan fingerprint density at radius 2 is 2.04 bits per heavy atom. The van der Waals surface area contributed by atoms with E-state index in [1.54, 1.807) is 6.92 Å². The second kappa shape index (κ2) is 9.13. The number of nitrogens with zero attached hydrogens (tertiary/aromatic N) is 1. The van der Waals surface area contributed by atoms with Gasteiger partial charge in [-0.05, 0) is 31.9 Å². The van der Waals surface area contributed by atoms with Crippen LogP contribution in [0.3, 0.4) is 0 Å². The first-order valence-corrected chi connectivity index (χ1v) is 9.15. The fraction of sp³-hybridized carbons (Fsp3) is 0.333. The van der Waals surface area contributed by atoms with E-state index in [0.29, 0.717) is 10.6 Å². The molecule has 0 aliphatic rings. The van der Waals surface area contributed by atoms with Gasteiger partial charge in [0, 0.05) is 10.9 Å². The van der Waals surface area contributed by atoms with Gasteiger partial charge in [0.25, 0.3) is 11.6 Å². The molecular weight excluding hydrogens is 372 g/mol. The number of carbonyl (C=O) groups is 2. The van der Waals surface area contributed by atoms with E-state index in [0.717, 1.165) is 16.9 Å². The number of hydrogen-bond acceptors (Lipinski definition) is 7. The predicted octanol–water partition coefficient (Wildman–Crippen LogP) is 3.72. The van der Waals surface area contributed by atoms with Gasteiger partial charge in [-0.3, -0.25) is 14.9 Å². The third-order valence-electron chi connectivity index (χ3n) is 3.70. The Balaban J connectivity index is 2.10. The van der Waals surface area contributed by atoms with Crippen LogP contribution in [0.1, 0.15) is 34.6 Å². The van der Waals surface area contributed by atoms with Crippen LogP contribution in [-0.4, -0.2) is 30.0 Å². The highest BCUT2D eigenvalue weighted by atomic mass is 32.1. The molecule has 1 aromatic carbocycles. The van der Waals surface area contributed by atoms with Gasteiger partial charge < -0.3 is 14.8 Å². The quantitative estimate of drug-likeness (QED) is 0.417. The Morgan fingerprint density at radius 3 is 2.67 bits per heavy atom. The van der Waals surface area contributed by atoms with Crippen LogP contribution < -0.4 is 10.1 Å². The van der Waals surface area contributed by atoms with Gasteiger partial charge in [0.05, 0.1) is 23.2 Å². The first kappa shape index (κ1) is 20.4. The largest absolute Gasteiger partial charge is 0.484 e. The Kier molecular flexibility index (Phi) is 6.89. The van der Waals surface area contributed by atoms with Crippen molar-refractivity contribution in [2.75, 3.05) is 18.5 Å². The lowest BCUT2D eigenvalue weighted by atomic mass is 10.1. The summed E-state index contributed by atoms with van der Waals surface area (Å²) in [5, 5.41) is 13.9. The van der Waals surface area contributed by atoms with E-state index in [2.05, 4.69) is 5.32 Å². The second-order valence-electron chi connectivity index (χ2n) is 5.52. The summed E-state index contributed by atoms with van der Waals surface area (Å²) in [5.74, 6) is -0.751. The van der Waals surface area contributed by atoms with E-state index in [-0.39, 0.29) is 24.7 Å². The lowest BCUT2D eigenvalue weighted by Gasteiger charge is -2.08. The van der Waals surface area contributed by atoms with Gasteiger partial charge in [0.1, 0.15) is 10.8 Å². The Bertz CT molecular complexity index is 862. The zero-order chi connectivity index (χ0) is 20.0. The number of nitro groups is 1. The topological polar surface area (TPSA) is 108 Å². The van der Waals surface area contributed by atoms with Crippen molar-refractivity contribution >= 4 is 33.9 Å². The van der Waals surface area contributed by atoms with Crippen LogP contribution in [0.25, 0.3) is 0 Å². The molecule has 1 N–H and O–H groups in total. The van der Waals surface area contributed by atoms with Crippen LogP contribution in [0.5, 0.6) is 5.75 Å². The molecule has 0 aliphatic heterocycles. The van der Waals surface area contributed by atoms with Gasteiger partial charge in [0.2, 0.25) is 0 Å². The number of benzene rings is 1. The number of ether oxygens (including phenoxy) is 2. The summed E-state index contributed by atoms with van der Waals surface area (Å²) >= 11 is 1.32. The number of aryl methyl sites for hydroxylation is 1. The molecule has 9 heteroatoms. The average molecular weight is 392 g/mol. The van der Waals surface area contributed by atoms with E-state index in [9.17, 15) is 19.7 Å². The highest BCUT2D eigenvalue weighted by Crippen LogP contribution is 2.34. The normalized spacial score (nSPS) is 10.3. The van der Waals surface area contributed by atoms with Crippen LogP contribution in [0, 0.1) is 17.0 Å². The molecule has 0 bridgehead atoms. The number of anilines is 1. The first-order valence-electron chi connectivity index (χ1n) is 8.33. The van der Waals surface area contributed by atoms with Crippen LogP contribution in [-0.2, 0) is 16.0 Å². The molecule has 2 aromatic rings. The molecule has 0 spiro atoms. The fourth-order valence-corrected chi connectivity index (χ4v) is 3.58. The number of nitrogens with one attached hydrogen (secondary N) is 1. The van der Waals surface area contributed by atoms with Crippen molar-refractivity contribution in [1.82, 2.24) is 0 Å². The van der Waals surface area contributed by atoms with Crippen molar-refractivity contribution in [1.29, 1.82) is 0 Å². The lowest BCUT2D eigenvalue weighted by Crippen LogP contribution is -2.21. The van der Waals surface area contributed by atoms with Crippen LogP contribution in [0.4, 0.5) is 10.7 Å². The molecule has 0 saturated heterocycles. The van der Waals surface area contributed by atoms with Crippen LogP contribution in [0.15, 0.2) is 24.3 Å². The zero-order valence-electron chi connectivity index (χ0n) is 15.2. The summed E-state index contributed by atoms with van der Waals surface area (Å²) in [6.07, 6.45) is 0.725. The smallest absolute Gasteiger partial charge is 0.341 e. The van der Waals surface area contributed by atoms with Crippen molar-refractivity contribution in [3.63, 3.8) is 0 Å². The number of thiophene rings is 1. The number of rotatable bonds is 8. The average Bonchev–Trinajstić information content (AvgIpc) is 2.95. The van der Waals surface area contributed by atoms with Crippen molar-refractivity contribution in [2.24, 2.45) is 0 Å². The van der Waals surface area contributed by atoms with Gasteiger partial charge in [-0.25, -0.2) is 4.79 Å². The number of carbonyl (C=O) groups excluding carboxylic acids is 2. The number of nitro benzene ring substituents is 1. The maximum atomic E-state index is 12.2. The Hall–Kier alpha value is -2.94. The molecule has 8 nitrogen and oxygen atoms in total. The summed E-state index contributed by atoms with van der Waals surface area (Å²) in [4.78, 5) is 35.7. The summed E-state index contributed by atoms with van der Waals surface area (Å²) in [6, 6.07) is 5.57. The summed E-state index contributed by atoms with van der Waals surface area (Å²) in [5.41, 5.74) is 1.01. The van der Waals surface area contributed by atoms with Gasteiger partial charge in [-0.1, -0.05) is 13.0 Å². The van der Waals surface area contributed by atoms with Gasteiger partial charge in [-0.15, -0.1) is 11.3 Å². The molecular formula is C18H20N2O6S. The Morgan fingerprint density at radius 1 is 1.30 bits per heavy atom. The van der Waals surface area contributed by atoms with E-state index >= 15 is 0 Å². The zero-order valence-corrected chi connectivity index (χ0v) is 16.1. The number of esters is 1. The number of non-ortho nitro benzene ring substituents is 1. The molecule has 27 heavy (non-hydrogen) atoms. The molecule has 0 radical (unpaired) electrons. The van der Waals surface area contributed by atoms with E-state index in [1.165, 1.54) is 35.6 Å². The molecule has 0 aliphatic carbocycles. The van der Waals surface area contributed by atoms with Crippen molar-refractivity contribution in [2.45, 2.75) is 27.2 Å². The minimum atomic E-state index is -0.542. The lowest BCUT2D eigenvalue weighted by molar-refractivity contribution is -0.384. The van der Waals surface area contributed by atoms with Crippen molar-refractivity contribution in [3.05, 3.63) is 50.4 Å². The standard InChI is InChI=1S/C18H20N2O6S/c1-4-14-11(3)16(18(22)25-5-2)17(27-14)19-15(21)10-26-13-8-6-7-12(9-13)20(23)24/h6-9H,4-5,10H2,1-3H3,(H,19,21). The SMILES string of the molecule is CCOC(=O)c1c(NC(=O)COc2cccc([N+](=O)[O-])c2)sc(CC)c1C. The minimum Gasteiger partial charge on any atom is -0.484 e. The molecule has 0 unspecified atom stereocenters. The summed E-state index contributed by atoms with van der Waals surface area (Å²) < 4.78 is 10.4. The summed E-state index contributed by atoms with van der Waals surface area (Å²) in [7, 11) is 0. The highest BCUT2D eigenvalue weighted by molar-refractivity contribution is 7.17. The fourth-order valence-electron chi connectivity index (χ4n) is 2.43. The van der Waals surface area contributed by atoms with Crippen LogP contribution >= 0.6 is 11.3 Å². The molecule has 0 saturated carbocycles. The van der Waals surface area contributed by atoms with Gasteiger partial charge >= 0.3 is 5.97 Å². The highest BCUT2D eigenvalue weighted by Gasteiger charge is 2.23. The minimum absolute atomic E-state index is 0.126. The maximum Gasteiger partial charge on any atom is 0.341 e. The molecule has 1 heterocycles. The maximum absolute atomic E-state index is 12.2. The van der Waals surface area contributed by atoms with E-state index < -0.39 is 16.8 Å². The monoisotopic (exact) mass is 392 g/mol. The number of hydrogen-bond donors (Lipinski definition) is 1. The first-order chi connectivity index (χ1) is 12.9. The third-order valence-corrected chi connectivity index (χ3v) is 5.05. The third kappa shape index (κ3) is 5.04. The number of amides is 1. The Labute approximate surface area is 160 Å². The molecule has 144 valence electrons. The van der Waals surface area contributed by atoms with Gasteiger partial charge in [0.15, 0.2) is 6.61 Å².